The topological polar surface area (TPSA) is 58.4 Å². The highest BCUT2D eigenvalue weighted by Gasteiger charge is 2.26. The van der Waals surface area contributed by atoms with Crippen LogP contribution in [0.25, 0.3) is 0 Å². The summed E-state index contributed by atoms with van der Waals surface area (Å²) in [5.41, 5.74) is 4.56. The minimum atomic E-state index is 0.0274. The number of carbonyl (C=O) groups is 1. The highest BCUT2D eigenvalue weighted by atomic mass is 16.5. The molecule has 0 aliphatic carbocycles. The third-order valence-electron chi connectivity index (χ3n) is 5.74. The first-order valence-corrected chi connectivity index (χ1v) is 9.98. The predicted octanol–water partition coefficient (Wildman–Crippen LogP) is 4.27. The highest BCUT2D eigenvalue weighted by molar-refractivity contribution is 5.78. The molecule has 0 spiro atoms. The molecule has 1 unspecified atom stereocenters. The number of likely N-dealkylation sites (tertiary alicyclic amines) is 1. The fourth-order valence-electron chi connectivity index (χ4n) is 3.85. The van der Waals surface area contributed by atoms with Crippen molar-refractivity contribution in [2.75, 3.05) is 18.4 Å². The Labute approximate surface area is 162 Å². The van der Waals surface area contributed by atoms with E-state index in [0.29, 0.717) is 6.04 Å². The van der Waals surface area contributed by atoms with Gasteiger partial charge in [-0.1, -0.05) is 30.3 Å². The van der Waals surface area contributed by atoms with Gasteiger partial charge >= 0.3 is 0 Å². The second-order valence-corrected chi connectivity index (χ2v) is 7.80. The first-order chi connectivity index (χ1) is 13.0. The number of hydrogen-bond acceptors (Lipinski definition) is 4. The van der Waals surface area contributed by atoms with E-state index in [-0.39, 0.29) is 11.8 Å². The minimum absolute atomic E-state index is 0.0274. The van der Waals surface area contributed by atoms with Gasteiger partial charge in [0.1, 0.15) is 5.76 Å². The highest BCUT2D eigenvalue weighted by Crippen LogP contribution is 2.22. The molecule has 1 aliphatic rings. The third kappa shape index (κ3) is 4.71. The molecule has 0 saturated carbocycles. The molecule has 1 N–H and O–H groups in total. The Morgan fingerprint density at radius 3 is 2.59 bits per heavy atom. The van der Waals surface area contributed by atoms with E-state index in [1.807, 2.05) is 25.7 Å². The number of aryl methyl sites for hydroxylation is 3. The van der Waals surface area contributed by atoms with Gasteiger partial charge < -0.3 is 14.7 Å². The summed E-state index contributed by atoms with van der Waals surface area (Å²) in [6.07, 6.45) is 3.68. The van der Waals surface area contributed by atoms with E-state index in [1.54, 1.807) is 0 Å². The second kappa shape index (κ2) is 8.59. The van der Waals surface area contributed by atoms with E-state index < -0.39 is 0 Å². The van der Waals surface area contributed by atoms with Gasteiger partial charge in [-0.2, -0.15) is 0 Å². The van der Waals surface area contributed by atoms with Gasteiger partial charge in [-0.05, 0) is 58.1 Å². The van der Waals surface area contributed by atoms with E-state index in [9.17, 15) is 4.79 Å². The maximum atomic E-state index is 12.8. The fraction of sp³-hybridized carbons (Fsp3) is 0.545. The van der Waals surface area contributed by atoms with E-state index in [2.05, 4.69) is 41.7 Å². The predicted molar refractivity (Wildman–Crippen MR) is 108 cm³/mol. The molecule has 1 atom stereocenters. The zero-order chi connectivity index (χ0) is 19.4. The van der Waals surface area contributed by atoms with Crippen LogP contribution in [0, 0.1) is 26.7 Å². The van der Waals surface area contributed by atoms with E-state index >= 15 is 0 Å². The van der Waals surface area contributed by atoms with Gasteiger partial charge in [0.25, 0.3) is 0 Å². The first kappa shape index (κ1) is 19.5. The SMILES string of the molecule is Cc1ccccc1NC1CCN(C(=O)C(C)CCc2c(C)noc2C)CC1. The zero-order valence-electron chi connectivity index (χ0n) is 16.9. The number of nitrogens with one attached hydrogen (secondary N) is 1. The molecule has 0 radical (unpaired) electrons. The van der Waals surface area contributed by atoms with Gasteiger partial charge in [-0.25, -0.2) is 0 Å². The van der Waals surface area contributed by atoms with Gasteiger partial charge in [0.05, 0.1) is 5.69 Å². The summed E-state index contributed by atoms with van der Waals surface area (Å²) in [7, 11) is 0. The Morgan fingerprint density at radius 1 is 1.26 bits per heavy atom. The van der Waals surface area contributed by atoms with Crippen molar-refractivity contribution in [2.24, 2.45) is 5.92 Å². The normalized spacial score (nSPS) is 16.4. The molecule has 3 rings (SSSR count). The van der Waals surface area contributed by atoms with Crippen molar-refractivity contribution in [1.82, 2.24) is 10.1 Å². The average Bonchev–Trinajstić information content (AvgIpc) is 2.99. The van der Waals surface area contributed by atoms with E-state index in [0.717, 1.165) is 55.8 Å². The molecule has 0 bridgehead atoms. The number of carbonyl (C=O) groups excluding carboxylic acids is 1. The maximum Gasteiger partial charge on any atom is 0.225 e. The van der Waals surface area contributed by atoms with Crippen molar-refractivity contribution >= 4 is 11.6 Å². The van der Waals surface area contributed by atoms with Crippen molar-refractivity contribution in [3.63, 3.8) is 0 Å². The number of amides is 1. The van der Waals surface area contributed by atoms with Crippen LogP contribution < -0.4 is 5.32 Å². The smallest absolute Gasteiger partial charge is 0.225 e. The minimum Gasteiger partial charge on any atom is -0.382 e. The Bertz CT molecular complexity index is 756. The van der Waals surface area contributed by atoms with Crippen LogP contribution in [0.4, 0.5) is 5.69 Å². The van der Waals surface area contributed by atoms with Crippen LogP contribution >= 0.6 is 0 Å². The number of hydrogen-bond donors (Lipinski definition) is 1. The van der Waals surface area contributed by atoms with Gasteiger partial charge in [0, 0.05) is 36.3 Å². The van der Waals surface area contributed by atoms with Crippen molar-refractivity contribution in [2.45, 2.75) is 59.4 Å². The molecule has 5 heteroatoms. The lowest BCUT2D eigenvalue weighted by Gasteiger charge is -2.34. The van der Waals surface area contributed by atoms with Crippen LogP contribution in [0.5, 0.6) is 0 Å². The third-order valence-corrected chi connectivity index (χ3v) is 5.74. The molecule has 1 amide bonds. The number of aromatic nitrogens is 1. The van der Waals surface area contributed by atoms with Crippen LogP contribution in [0.3, 0.4) is 0 Å². The number of rotatable bonds is 6. The van der Waals surface area contributed by atoms with Gasteiger partial charge in [-0.3, -0.25) is 4.79 Å². The summed E-state index contributed by atoms with van der Waals surface area (Å²) in [6.45, 7) is 9.73. The molecule has 27 heavy (non-hydrogen) atoms. The molecule has 2 heterocycles. The number of para-hydroxylation sites is 1. The van der Waals surface area contributed by atoms with Gasteiger partial charge in [0.15, 0.2) is 0 Å². The van der Waals surface area contributed by atoms with Gasteiger partial charge in [0.2, 0.25) is 5.91 Å². The largest absolute Gasteiger partial charge is 0.382 e. The monoisotopic (exact) mass is 369 g/mol. The average molecular weight is 370 g/mol. The number of benzene rings is 1. The molecule has 1 saturated heterocycles. The molecular weight excluding hydrogens is 338 g/mol. The molecule has 2 aromatic rings. The fourth-order valence-corrected chi connectivity index (χ4v) is 3.85. The van der Waals surface area contributed by atoms with E-state index in [1.165, 1.54) is 11.3 Å². The Kier molecular flexibility index (Phi) is 6.19. The molecule has 5 nitrogen and oxygen atoms in total. The standard InChI is InChI=1S/C22H31N3O2/c1-15-7-5-6-8-21(15)23-19-11-13-25(14-12-19)22(26)16(2)9-10-20-17(3)24-27-18(20)4/h5-8,16,19,23H,9-14H2,1-4H3. The van der Waals surface area contributed by atoms with Crippen molar-refractivity contribution < 1.29 is 9.32 Å². The second-order valence-electron chi connectivity index (χ2n) is 7.80. The molecule has 1 fully saturated rings. The van der Waals surface area contributed by atoms with Crippen molar-refractivity contribution in [3.8, 4) is 0 Å². The molecular formula is C22H31N3O2. The molecule has 1 aliphatic heterocycles. The molecule has 1 aromatic heterocycles. The summed E-state index contributed by atoms with van der Waals surface area (Å²) in [4.78, 5) is 14.8. The lowest BCUT2D eigenvalue weighted by molar-refractivity contribution is -0.136. The van der Waals surface area contributed by atoms with E-state index in [4.69, 9.17) is 4.52 Å². The van der Waals surface area contributed by atoms with Crippen LogP contribution in [-0.4, -0.2) is 35.1 Å². The summed E-state index contributed by atoms with van der Waals surface area (Å²) < 4.78 is 5.22. The van der Waals surface area contributed by atoms with Crippen LogP contribution in [0.15, 0.2) is 28.8 Å². The van der Waals surface area contributed by atoms with Crippen LogP contribution in [0.2, 0.25) is 0 Å². The Hall–Kier alpha value is -2.30. The quantitative estimate of drug-likeness (QED) is 0.826. The van der Waals surface area contributed by atoms with Crippen LogP contribution in [0.1, 0.15) is 48.8 Å². The van der Waals surface area contributed by atoms with Crippen LogP contribution in [-0.2, 0) is 11.2 Å². The number of piperidine rings is 1. The van der Waals surface area contributed by atoms with Gasteiger partial charge in [-0.15, -0.1) is 0 Å². The lowest BCUT2D eigenvalue weighted by atomic mass is 9.97. The summed E-state index contributed by atoms with van der Waals surface area (Å²) in [5, 5.41) is 7.64. The maximum absolute atomic E-state index is 12.8. The zero-order valence-corrected chi connectivity index (χ0v) is 16.9. The molecule has 1 aromatic carbocycles. The van der Waals surface area contributed by atoms with Crippen molar-refractivity contribution in [1.29, 1.82) is 0 Å². The summed E-state index contributed by atoms with van der Waals surface area (Å²) in [6, 6.07) is 8.82. The van der Waals surface area contributed by atoms with Crippen molar-refractivity contribution in [3.05, 3.63) is 46.8 Å². The number of nitrogens with zero attached hydrogens (tertiary/aromatic N) is 2. The Morgan fingerprint density at radius 2 is 1.96 bits per heavy atom. The summed E-state index contributed by atoms with van der Waals surface area (Å²) in [5.74, 6) is 1.17. The lowest BCUT2D eigenvalue weighted by Crippen LogP contribution is -2.44. The number of anilines is 1. The molecule has 146 valence electrons. The Balaban J connectivity index is 1.47. The first-order valence-electron chi connectivity index (χ1n) is 9.98. The summed E-state index contributed by atoms with van der Waals surface area (Å²) >= 11 is 0.